The van der Waals surface area contributed by atoms with E-state index in [1.54, 1.807) is 12.5 Å². The second-order valence-electron chi connectivity index (χ2n) is 6.80. The van der Waals surface area contributed by atoms with E-state index in [2.05, 4.69) is 32.7 Å². The molecule has 2 aromatic heterocycles. The smallest absolute Gasteiger partial charge is 0.259 e. The molecule has 0 spiro atoms. The Morgan fingerprint density at radius 1 is 1.10 bits per heavy atom. The Labute approximate surface area is 169 Å². The van der Waals surface area contributed by atoms with E-state index in [0.29, 0.717) is 24.2 Å². The van der Waals surface area contributed by atoms with Crippen molar-refractivity contribution in [2.45, 2.75) is 19.9 Å². The van der Waals surface area contributed by atoms with Gasteiger partial charge in [-0.3, -0.25) is 9.48 Å². The summed E-state index contributed by atoms with van der Waals surface area (Å²) in [5.74, 6) is 0.572. The highest BCUT2D eigenvalue weighted by atomic mass is 16.1. The number of amides is 1. The monoisotopic (exact) mass is 386 g/mol. The molecule has 146 valence electrons. The summed E-state index contributed by atoms with van der Waals surface area (Å²) >= 11 is 0. The topological polar surface area (TPSA) is 77.6 Å². The van der Waals surface area contributed by atoms with Crippen LogP contribution in [-0.4, -0.2) is 30.5 Å². The third-order valence-electron chi connectivity index (χ3n) is 4.79. The van der Waals surface area contributed by atoms with Gasteiger partial charge in [0.2, 0.25) is 0 Å². The van der Waals surface area contributed by atoms with Crippen molar-refractivity contribution in [3.8, 4) is 11.4 Å². The van der Waals surface area contributed by atoms with Crippen molar-refractivity contribution < 1.29 is 4.79 Å². The molecule has 4 aromatic rings. The summed E-state index contributed by atoms with van der Waals surface area (Å²) < 4.78 is 3.73. The number of anilines is 1. The first kappa shape index (κ1) is 18.6. The Kier molecular flexibility index (Phi) is 5.20. The quantitative estimate of drug-likeness (QED) is 0.550. The van der Waals surface area contributed by atoms with Crippen LogP contribution < -0.4 is 5.32 Å². The second-order valence-corrected chi connectivity index (χ2v) is 6.80. The van der Waals surface area contributed by atoms with Gasteiger partial charge in [-0.25, -0.2) is 0 Å². The van der Waals surface area contributed by atoms with Gasteiger partial charge in [0.15, 0.2) is 5.82 Å². The van der Waals surface area contributed by atoms with Crippen LogP contribution in [0.4, 0.5) is 5.69 Å². The summed E-state index contributed by atoms with van der Waals surface area (Å²) in [6, 6.07) is 17.7. The van der Waals surface area contributed by atoms with Crippen molar-refractivity contribution in [1.82, 2.24) is 24.5 Å². The maximum absolute atomic E-state index is 12.9. The molecule has 7 nitrogen and oxygen atoms in total. The van der Waals surface area contributed by atoms with Crippen LogP contribution in [0.2, 0.25) is 0 Å². The summed E-state index contributed by atoms with van der Waals surface area (Å²) in [7, 11) is 1.88. The molecular weight excluding hydrogens is 364 g/mol. The minimum Gasteiger partial charge on any atom is -0.322 e. The molecule has 0 aliphatic carbocycles. The van der Waals surface area contributed by atoms with E-state index in [1.165, 1.54) is 0 Å². The summed E-state index contributed by atoms with van der Waals surface area (Å²) in [5, 5.41) is 15.5. The maximum atomic E-state index is 12.9. The lowest BCUT2D eigenvalue weighted by Crippen LogP contribution is -2.15. The molecule has 0 aliphatic heterocycles. The number of carbonyl (C=O) groups excluding carboxylic acids is 1. The fraction of sp³-hybridized carbons (Fsp3) is 0.182. The first-order valence-corrected chi connectivity index (χ1v) is 9.50. The summed E-state index contributed by atoms with van der Waals surface area (Å²) in [6.45, 7) is 2.67. The SMILES string of the molecule is CCc1c(C(=O)Nc2cccc(-c3nncn3C)c2)cnn1Cc1ccccc1. The second kappa shape index (κ2) is 8.10. The molecule has 4 rings (SSSR count). The third kappa shape index (κ3) is 3.94. The predicted octanol–water partition coefficient (Wildman–Crippen LogP) is 3.54. The highest BCUT2D eigenvalue weighted by molar-refractivity contribution is 6.05. The van der Waals surface area contributed by atoms with E-state index in [-0.39, 0.29) is 5.91 Å². The predicted molar refractivity (Wildman–Crippen MR) is 112 cm³/mol. The van der Waals surface area contributed by atoms with Crippen LogP contribution in [0.3, 0.4) is 0 Å². The zero-order valence-corrected chi connectivity index (χ0v) is 16.4. The molecule has 0 saturated carbocycles. The maximum Gasteiger partial charge on any atom is 0.259 e. The van der Waals surface area contributed by atoms with Crippen molar-refractivity contribution >= 4 is 11.6 Å². The summed E-state index contributed by atoms with van der Waals surface area (Å²) in [6.07, 6.45) is 4.01. The van der Waals surface area contributed by atoms with E-state index < -0.39 is 0 Å². The van der Waals surface area contributed by atoms with Gasteiger partial charge in [-0.2, -0.15) is 5.10 Å². The molecular formula is C22H22N6O. The zero-order chi connectivity index (χ0) is 20.2. The molecule has 2 heterocycles. The van der Waals surface area contributed by atoms with Crippen LogP contribution in [0.1, 0.15) is 28.5 Å². The van der Waals surface area contributed by atoms with Gasteiger partial charge in [0.1, 0.15) is 6.33 Å². The van der Waals surface area contributed by atoms with E-state index in [1.807, 2.05) is 65.7 Å². The molecule has 0 atom stereocenters. The fourth-order valence-corrected chi connectivity index (χ4v) is 3.34. The first-order valence-electron chi connectivity index (χ1n) is 9.50. The number of aromatic nitrogens is 5. The van der Waals surface area contributed by atoms with Crippen LogP contribution in [0.15, 0.2) is 67.1 Å². The lowest BCUT2D eigenvalue weighted by molar-refractivity contribution is 0.102. The number of nitrogens with zero attached hydrogens (tertiary/aromatic N) is 5. The van der Waals surface area contributed by atoms with Crippen molar-refractivity contribution in [2.75, 3.05) is 5.32 Å². The number of hydrogen-bond donors (Lipinski definition) is 1. The summed E-state index contributed by atoms with van der Waals surface area (Å²) in [5.41, 5.74) is 4.24. The van der Waals surface area contributed by atoms with Crippen LogP contribution in [0.25, 0.3) is 11.4 Å². The van der Waals surface area contributed by atoms with Crippen molar-refractivity contribution in [3.63, 3.8) is 0 Å². The minimum atomic E-state index is -0.170. The zero-order valence-electron chi connectivity index (χ0n) is 16.4. The van der Waals surface area contributed by atoms with Crippen molar-refractivity contribution in [2.24, 2.45) is 7.05 Å². The van der Waals surface area contributed by atoms with Crippen molar-refractivity contribution in [1.29, 1.82) is 0 Å². The van der Waals surface area contributed by atoms with Crippen LogP contribution in [0.5, 0.6) is 0 Å². The largest absolute Gasteiger partial charge is 0.322 e. The van der Waals surface area contributed by atoms with Gasteiger partial charge in [-0.1, -0.05) is 49.4 Å². The van der Waals surface area contributed by atoms with E-state index in [9.17, 15) is 4.79 Å². The Morgan fingerprint density at radius 2 is 1.93 bits per heavy atom. The van der Waals surface area contributed by atoms with Crippen LogP contribution in [-0.2, 0) is 20.0 Å². The number of rotatable bonds is 6. The van der Waals surface area contributed by atoms with Gasteiger partial charge in [0.05, 0.1) is 24.0 Å². The summed E-state index contributed by atoms with van der Waals surface area (Å²) in [4.78, 5) is 12.9. The number of hydrogen-bond acceptors (Lipinski definition) is 4. The molecule has 1 amide bonds. The van der Waals surface area contributed by atoms with Crippen molar-refractivity contribution in [3.05, 3.63) is 83.9 Å². The average Bonchev–Trinajstić information content (AvgIpc) is 3.35. The number of carbonyl (C=O) groups is 1. The minimum absolute atomic E-state index is 0.170. The molecule has 0 radical (unpaired) electrons. The molecule has 0 fully saturated rings. The Bertz CT molecular complexity index is 1130. The lowest BCUT2D eigenvalue weighted by atomic mass is 10.1. The van der Waals surface area contributed by atoms with Gasteiger partial charge < -0.3 is 9.88 Å². The standard InChI is InChI=1S/C22H22N6O/c1-3-20-19(13-24-28(20)14-16-8-5-4-6-9-16)22(29)25-18-11-7-10-17(12-18)21-26-23-15-27(21)2/h4-13,15H,3,14H2,1-2H3,(H,25,29). The van der Waals surface area contributed by atoms with Gasteiger partial charge in [-0.05, 0) is 24.1 Å². The van der Waals surface area contributed by atoms with E-state index in [4.69, 9.17) is 0 Å². The van der Waals surface area contributed by atoms with E-state index >= 15 is 0 Å². The fourth-order valence-electron chi connectivity index (χ4n) is 3.34. The molecule has 2 aromatic carbocycles. The van der Waals surface area contributed by atoms with Crippen LogP contribution in [0, 0.1) is 0 Å². The molecule has 0 unspecified atom stereocenters. The molecule has 1 N–H and O–H groups in total. The average molecular weight is 386 g/mol. The van der Waals surface area contributed by atoms with Crippen LogP contribution >= 0.6 is 0 Å². The van der Waals surface area contributed by atoms with Gasteiger partial charge in [0.25, 0.3) is 5.91 Å². The Morgan fingerprint density at radius 3 is 2.66 bits per heavy atom. The normalized spacial score (nSPS) is 10.8. The number of nitrogens with one attached hydrogen (secondary N) is 1. The lowest BCUT2D eigenvalue weighted by Gasteiger charge is -2.09. The van der Waals surface area contributed by atoms with Gasteiger partial charge in [-0.15, -0.1) is 10.2 Å². The van der Waals surface area contributed by atoms with Gasteiger partial charge >= 0.3 is 0 Å². The third-order valence-corrected chi connectivity index (χ3v) is 4.79. The molecule has 0 bridgehead atoms. The first-order chi connectivity index (χ1) is 14.2. The molecule has 0 saturated heterocycles. The Balaban J connectivity index is 1.55. The number of aryl methyl sites for hydroxylation is 1. The molecule has 29 heavy (non-hydrogen) atoms. The molecule has 7 heteroatoms. The highest BCUT2D eigenvalue weighted by Gasteiger charge is 2.17. The molecule has 0 aliphatic rings. The van der Waals surface area contributed by atoms with Gasteiger partial charge in [0, 0.05) is 18.3 Å². The number of benzene rings is 2. The Hall–Kier alpha value is -3.74. The highest BCUT2D eigenvalue weighted by Crippen LogP contribution is 2.21. The van der Waals surface area contributed by atoms with E-state index in [0.717, 1.165) is 22.6 Å².